The number of fused-ring (bicyclic) bond motifs is 1. The highest BCUT2D eigenvalue weighted by Gasteiger charge is 2.19. The summed E-state index contributed by atoms with van der Waals surface area (Å²) in [6.45, 7) is 1.76. The van der Waals surface area contributed by atoms with E-state index in [-0.39, 0.29) is 11.5 Å². The van der Waals surface area contributed by atoms with Crippen LogP contribution in [0.2, 0.25) is 0 Å². The number of aromatic amines is 1. The first kappa shape index (κ1) is 16.3. The number of carbonyl (C=O) groups excluding carboxylic acids is 1. The fourth-order valence-corrected chi connectivity index (χ4v) is 3.21. The molecule has 0 aliphatic carbocycles. The van der Waals surface area contributed by atoms with Crippen LogP contribution in [0.15, 0.2) is 53.3 Å². The molecule has 0 spiro atoms. The van der Waals surface area contributed by atoms with Gasteiger partial charge in [-0.2, -0.15) is 0 Å². The number of ether oxygens (including phenoxy) is 1. The zero-order valence-electron chi connectivity index (χ0n) is 14.3. The smallest absolute Gasteiger partial charge is 0.259 e. The highest BCUT2D eigenvalue weighted by atomic mass is 16.5. The predicted molar refractivity (Wildman–Crippen MR) is 99.1 cm³/mol. The largest absolute Gasteiger partial charge is 0.491 e. The maximum atomic E-state index is 12.3. The molecular formula is C20H19N3O3. The van der Waals surface area contributed by atoms with E-state index in [0.29, 0.717) is 42.0 Å². The predicted octanol–water partition coefficient (Wildman–Crippen LogP) is 2.59. The van der Waals surface area contributed by atoms with Crippen molar-refractivity contribution in [2.45, 2.75) is 12.8 Å². The van der Waals surface area contributed by atoms with Gasteiger partial charge in [0.05, 0.1) is 23.0 Å². The first-order valence-corrected chi connectivity index (χ1v) is 8.71. The van der Waals surface area contributed by atoms with E-state index in [1.165, 1.54) is 0 Å². The van der Waals surface area contributed by atoms with Crippen LogP contribution < -0.4 is 10.3 Å². The first-order valence-electron chi connectivity index (χ1n) is 8.71. The molecular weight excluding hydrogens is 330 g/mol. The van der Waals surface area contributed by atoms with Crippen molar-refractivity contribution in [3.63, 3.8) is 0 Å². The van der Waals surface area contributed by atoms with E-state index >= 15 is 0 Å². The van der Waals surface area contributed by atoms with Gasteiger partial charge in [0, 0.05) is 13.0 Å². The van der Waals surface area contributed by atoms with Crippen molar-refractivity contribution in [3.8, 4) is 17.1 Å². The summed E-state index contributed by atoms with van der Waals surface area (Å²) in [6.07, 6.45) is 1.54. The van der Waals surface area contributed by atoms with Crippen LogP contribution in [0.5, 0.6) is 5.75 Å². The Balaban J connectivity index is 1.59. The highest BCUT2D eigenvalue weighted by molar-refractivity contribution is 5.80. The lowest BCUT2D eigenvalue weighted by atomic mass is 10.1. The molecule has 6 nitrogen and oxygen atoms in total. The molecule has 1 fully saturated rings. The van der Waals surface area contributed by atoms with Crippen molar-refractivity contribution in [2.24, 2.45) is 0 Å². The molecule has 0 radical (unpaired) electrons. The SMILES string of the molecule is O=C1CCCN1CCOc1ccccc1-c1nc2ccccc2c(=O)[nH]1. The average molecular weight is 349 g/mol. The number of amides is 1. The van der Waals surface area contributed by atoms with E-state index < -0.39 is 0 Å². The zero-order valence-corrected chi connectivity index (χ0v) is 14.3. The molecule has 2 heterocycles. The van der Waals surface area contributed by atoms with Crippen molar-refractivity contribution in [1.82, 2.24) is 14.9 Å². The number of benzene rings is 2. The molecule has 0 atom stereocenters. The molecule has 6 heteroatoms. The minimum atomic E-state index is -0.178. The summed E-state index contributed by atoms with van der Waals surface area (Å²) in [7, 11) is 0. The summed E-state index contributed by atoms with van der Waals surface area (Å²) >= 11 is 0. The molecule has 0 bridgehead atoms. The van der Waals surface area contributed by atoms with E-state index in [2.05, 4.69) is 9.97 Å². The molecule has 1 N–H and O–H groups in total. The van der Waals surface area contributed by atoms with Gasteiger partial charge in [-0.15, -0.1) is 0 Å². The quantitative estimate of drug-likeness (QED) is 0.768. The van der Waals surface area contributed by atoms with Gasteiger partial charge in [-0.1, -0.05) is 24.3 Å². The molecule has 3 aromatic rings. The normalized spacial score (nSPS) is 14.2. The van der Waals surface area contributed by atoms with Crippen molar-refractivity contribution in [3.05, 3.63) is 58.9 Å². The van der Waals surface area contributed by atoms with Crippen LogP contribution in [-0.2, 0) is 4.79 Å². The third-order valence-electron chi connectivity index (χ3n) is 4.55. The van der Waals surface area contributed by atoms with Gasteiger partial charge >= 0.3 is 0 Å². The molecule has 1 aliphatic heterocycles. The lowest BCUT2D eigenvalue weighted by Gasteiger charge is -2.17. The topological polar surface area (TPSA) is 75.3 Å². The van der Waals surface area contributed by atoms with Gasteiger partial charge in [0.25, 0.3) is 5.56 Å². The first-order chi connectivity index (χ1) is 12.7. The summed E-state index contributed by atoms with van der Waals surface area (Å²) < 4.78 is 5.90. The minimum absolute atomic E-state index is 0.178. The van der Waals surface area contributed by atoms with Crippen LogP contribution in [0.1, 0.15) is 12.8 Å². The fraction of sp³-hybridized carbons (Fsp3) is 0.250. The van der Waals surface area contributed by atoms with Gasteiger partial charge in [-0.25, -0.2) is 4.98 Å². The van der Waals surface area contributed by atoms with Crippen LogP contribution in [0.4, 0.5) is 0 Å². The summed E-state index contributed by atoms with van der Waals surface area (Å²) in [5.41, 5.74) is 1.19. The van der Waals surface area contributed by atoms with E-state index in [0.717, 1.165) is 18.5 Å². The standard InChI is InChI=1S/C20H19N3O3/c24-18-10-5-11-23(18)12-13-26-17-9-4-2-7-15(17)19-21-16-8-3-1-6-14(16)20(25)22-19/h1-4,6-9H,5,10-13H2,(H,21,22,25). The van der Waals surface area contributed by atoms with Crippen LogP contribution in [0, 0.1) is 0 Å². The second-order valence-corrected chi connectivity index (χ2v) is 6.26. The number of rotatable bonds is 5. The van der Waals surface area contributed by atoms with Gasteiger partial charge in [0.15, 0.2) is 0 Å². The van der Waals surface area contributed by atoms with E-state index in [4.69, 9.17) is 4.74 Å². The molecule has 0 saturated carbocycles. The van der Waals surface area contributed by atoms with E-state index in [1.54, 1.807) is 6.07 Å². The summed E-state index contributed by atoms with van der Waals surface area (Å²) in [4.78, 5) is 33.2. The van der Waals surface area contributed by atoms with Crippen LogP contribution >= 0.6 is 0 Å². The summed E-state index contributed by atoms with van der Waals surface area (Å²) in [5, 5.41) is 0.558. The number of hydrogen-bond donors (Lipinski definition) is 1. The lowest BCUT2D eigenvalue weighted by Crippen LogP contribution is -2.29. The Morgan fingerprint density at radius 1 is 1.08 bits per heavy atom. The number of nitrogens with zero attached hydrogens (tertiary/aromatic N) is 2. The van der Waals surface area contributed by atoms with Gasteiger partial charge in [-0.05, 0) is 30.7 Å². The number of likely N-dealkylation sites (tertiary alicyclic amines) is 1. The average Bonchev–Trinajstić information content (AvgIpc) is 3.07. The maximum absolute atomic E-state index is 12.3. The number of nitrogens with one attached hydrogen (secondary N) is 1. The molecule has 1 aromatic heterocycles. The van der Waals surface area contributed by atoms with Crippen molar-refractivity contribution >= 4 is 16.8 Å². The second-order valence-electron chi connectivity index (χ2n) is 6.26. The molecule has 4 rings (SSSR count). The fourth-order valence-electron chi connectivity index (χ4n) is 3.21. The molecule has 1 amide bonds. The molecule has 1 saturated heterocycles. The number of aromatic nitrogens is 2. The van der Waals surface area contributed by atoms with E-state index in [1.807, 2.05) is 47.4 Å². The monoisotopic (exact) mass is 349 g/mol. The Hall–Kier alpha value is -3.15. The van der Waals surface area contributed by atoms with E-state index in [9.17, 15) is 9.59 Å². The Morgan fingerprint density at radius 2 is 1.88 bits per heavy atom. The number of carbonyl (C=O) groups is 1. The third kappa shape index (κ3) is 3.18. The Morgan fingerprint density at radius 3 is 2.73 bits per heavy atom. The number of para-hydroxylation sites is 2. The molecule has 26 heavy (non-hydrogen) atoms. The number of H-pyrrole nitrogens is 1. The molecule has 1 aliphatic rings. The lowest BCUT2D eigenvalue weighted by molar-refractivity contribution is -0.128. The van der Waals surface area contributed by atoms with Crippen LogP contribution in [0.3, 0.4) is 0 Å². The minimum Gasteiger partial charge on any atom is -0.491 e. The van der Waals surface area contributed by atoms with Crippen LogP contribution in [0.25, 0.3) is 22.3 Å². The third-order valence-corrected chi connectivity index (χ3v) is 4.55. The van der Waals surface area contributed by atoms with Gasteiger partial charge in [0.1, 0.15) is 18.2 Å². The summed E-state index contributed by atoms with van der Waals surface area (Å²) in [5.74, 6) is 1.29. The zero-order chi connectivity index (χ0) is 17.9. The number of hydrogen-bond acceptors (Lipinski definition) is 4. The maximum Gasteiger partial charge on any atom is 0.259 e. The second kappa shape index (κ2) is 7.00. The highest BCUT2D eigenvalue weighted by Crippen LogP contribution is 2.27. The van der Waals surface area contributed by atoms with Crippen molar-refractivity contribution in [1.29, 1.82) is 0 Å². The van der Waals surface area contributed by atoms with Gasteiger partial charge in [-0.3, -0.25) is 9.59 Å². The van der Waals surface area contributed by atoms with Gasteiger partial charge < -0.3 is 14.6 Å². The molecule has 2 aromatic carbocycles. The molecule has 0 unspecified atom stereocenters. The van der Waals surface area contributed by atoms with Crippen molar-refractivity contribution in [2.75, 3.05) is 19.7 Å². The Kier molecular flexibility index (Phi) is 4.39. The van der Waals surface area contributed by atoms with Crippen molar-refractivity contribution < 1.29 is 9.53 Å². The molecule has 132 valence electrons. The Bertz CT molecular complexity index is 1010. The Labute approximate surface area is 150 Å². The van der Waals surface area contributed by atoms with Gasteiger partial charge in [0.2, 0.25) is 5.91 Å². The van der Waals surface area contributed by atoms with Crippen LogP contribution in [-0.4, -0.2) is 40.5 Å². The summed E-state index contributed by atoms with van der Waals surface area (Å²) in [6, 6.07) is 14.7.